The van der Waals surface area contributed by atoms with Crippen molar-refractivity contribution in [2.45, 2.75) is 68.9 Å². The number of likely N-dealkylation sites (tertiary alicyclic amines) is 1. The van der Waals surface area contributed by atoms with Crippen LogP contribution in [0.3, 0.4) is 0 Å². The van der Waals surface area contributed by atoms with Crippen LogP contribution in [0.2, 0.25) is 0 Å². The van der Waals surface area contributed by atoms with E-state index in [1.807, 2.05) is 4.90 Å². The van der Waals surface area contributed by atoms with Crippen molar-refractivity contribution in [3.63, 3.8) is 0 Å². The molecule has 1 saturated heterocycles. The number of nitrogens with zero attached hydrogens (tertiary/aromatic N) is 2. The number of piperidine rings is 1. The van der Waals surface area contributed by atoms with Crippen LogP contribution in [0.15, 0.2) is 33.6 Å². The molecular weight excluding hydrogens is 418 g/mol. The summed E-state index contributed by atoms with van der Waals surface area (Å²) in [6.07, 6.45) is 5.85. The van der Waals surface area contributed by atoms with Crippen molar-refractivity contribution in [3.05, 3.63) is 29.8 Å². The van der Waals surface area contributed by atoms with E-state index >= 15 is 0 Å². The minimum absolute atomic E-state index is 0.162. The van der Waals surface area contributed by atoms with Crippen molar-refractivity contribution in [1.29, 1.82) is 0 Å². The largest absolute Gasteiger partial charge is 0.452 e. The van der Waals surface area contributed by atoms with Gasteiger partial charge in [-0.25, -0.2) is 0 Å². The molecule has 31 heavy (non-hydrogen) atoms. The minimum atomic E-state index is -3.71. The fourth-order valence-electron chi connectivity index (χ4n) is 4.57. The van der Waals surface area contributed by atoms with Gasteiger partial charge < -0.3 is 15.0 Å². The SMILES string of the molecule is C[C@H](OC(=O)[C@H]1CCCN(C2=NS(=O)(=O)c3ccccc32)C1)C(=O)NC1CCCCC1. The molecule has 1 saturated carbocycles. The number of benzene rings is 1. The van der Waals surface area contributed by atoms with Crippen molar-refractivity contribution in [2.24, 2.45) is 10.3 Å². The summed E-state index contributed by atoms with van der Waals surface area (Å²) in [5.74, 6) is -0.730. The highest BCUT2D eigenvalue weighted by Gasteiger charge is 2.36. The van der Waals surface area contributed by atoms with Gasteiger partial charge in [0.05, 0.1) is 5.92 Å². The van der Waals surface area contributed by atoms with E-state index in [0.29, 0.717) is 37.3 Å². The minimum Gasteiger partial charge on any atom is -0.452 e. The van der Waals surface area contributed by atoms with Crippen molar-refractivity contribution in [2.75, 3.05) is 13.1 Å². The monoisotopic (exact) mass is 447 g/mol. The summed E-state index contributed by atoms with van der Waals surface area (Å²) in [7, 11) is -3.71. The molecule has 0 spiro atoms. The van der Waals surface area contributed by atoms with E-state index in [9.17, 15) is 18.0 Å². The van der Waals surface area contributed by atoms with Gasteiger partial charge in [0.2, 0.25) is 0 Å². The lowest BCUT2D eigenvalue weighted by atomic mass is 9.95. The lowest BCUT2D eigenvalue weighted by Crippen LogP contribution is -2.46. The molecule has 0 radical (unpaired) electrons. The predicted molar refractivity (Wildman–Crippen MR) is 115 cm³/mol. The standard InChI is InChI=1S/C22H29N3O5S/c1-15(21(26)23-17-9-3-2-4-10-17)30-22(27)16-8-7-13-25(14-16)20-18-11-5-6-12-19(18)31(28,29)24-20/h5-6,11-12,15-17H,2-4,7-10,13-14H2,1H3,(H,23,26)/t15-,16-/m0/s1. The van der Waals surface area contributed by atoms with Crippen LogP contribution in [0.1, 0.15) is 57.4 Å². The Morgan fingerprint density at radius 2 is 1.87 bits per heavy atom. The average molecular weight is 448 g/mol. The second-order valence-corrected chi connectivity index (χ2v) is 10.2. The number of hydrogen-bond acceptors (Lipinski definition) is 6. The van der Waals surface area contributed by atoms with Crippen LogP contribution >= 0.6 is 0 Å². The highest BCUT2D eigenvalue weighted by Crippen LogP contribution is 2.30. The van der Waals surface area contributed by atoms with Crippen LogP contribution in [0.25, 0.3) is 0 Å². The van der Waals surface area contributed by atoms with Crippen molar-refractivity contribution in [1.82, 2.24) is 10.2 Å². The number of fused-ring (bicyclic) bond motifs is 1. The molecule has 9 heteroatoms. The highest BCUT2D eigenvalue weighted by atomic mass is 32.2. The maximum atomic E-state index is 12.8. The first kappa shape index (κ1) is 21.8. The quantitative estimate of drug-likeness (QED) is 0.710. The molecular formula is C22H29N3O5S. The molecule has 4 rings (SSSR count). The molecule has 2 heterocycles. The molecule has 168 valence electrons. The third-order valence-electron chi connectivity index (χ3n) is 6.28. The second-order valence-electron chi connectivity index (χ2n) is 8.59. The zero-order valence-corrected chi connectivity index (χ0v) is 18.6. The zero-order valence-electron chi connectivity index (χ0n) is 17.7. The normalized spacial score (nSPS) is 24.1. The average Bonchev–Trinajstić information content (AvgIpc) is 3.05. The highest BCUT2D eigenvalue weighted by molar-refractivity contribution is 7.90. The van der Waals surface area contributed by atoms with Crippen LogP contribution < -0.4 is 5.32 Å². The number of ether oxygens (including phenoxy) is 1. The van der Waals surface area contributed by atoms with Crippen LogP contribution in [0, 0.1) is 5.92 Å². The van der Waals surface area contributed by atoms with Crippen molar-refractivity contribution >= 4 is 27.7 Å². The molecule has 3 aliphatic rings. The van der Waals surface area contributed by atoms with Gasteiger partial charge in [-0.15, -0.1) is 4.40 Å². The molecule has 1 aromatic rings. The molecule has 2 fully saturated rings. The first-order valence-corrected chi connectivity index (χ1v) is 12.5. The number of amides is 1. The Balaban J connectivity index is 1.37. The van der Waals surface area contributed by atoms with Gasteiger partial charge in [0.15, 0.2) is 11.9 Å². The number of amidine groups is 1. The summed E-state index contributed by atoms with van der Waals surface area (Å²) in [6.45, 7) is 2.53. The molecule has 2 atom stereocenters. The van der Waals surface area contributed by atoms with Gasteiger partial charge in [0.1, 0.15) is 4.90 Å². The molecule has 1 aliphatic carbocycles. The Bertz CT molecular complexity index is 985. The number of nitrogens with one attached hydrogen (secondary N) is 1. The number of esters is 1. The van der Waals surface area contributed by atoms with E-state index < -0.39 is 28.0 Å². The number of sulfonamides is 1. The zero-order chi connectivity index (χ0) is 22.0. The lowest BCUT2D eigenvalue weighted by Gasteiger charge is -2.33. The molecule has 1 amide bonds. The molecule has 0 unspecified atom stereocenters. The van der Waals surface area contributed by atoms with E-state index in [1.54, 1.807) is 31.2 Å². The maximum absolute atomic E-state index is 12.8. The van der Waals surface area contributed by atoms with Crippen LogP contribution in [-0.4, -0.2) is 56.3 Å². The summed E-state index contributed by atoms with van der Waals surface area (Å²) in [5.41, 5.74) is 0.566. The summed E-state index contributed by atoms with van der Waals surface area (Å²) < 4.78 is 34.1. The number of rotatable bonds is 4. The first-order valence-electron chi connectivity index (χ1n) is 11.1. The first-order chi connectivity index (χ1) is 14.8. The van der Waals surface area contributed by atoms with E-state index in [-0.39, 0.29) is 16.8 Å². The molecule has 0 aromatic heterocycles. The summed E-state index contributed by atoms with van der Waals surface area (Å²) >= 11 is 0. The van der Waals surface area contributed by atoms with Gasteiger partial charge in [0.25, 0.3) is 15.9 Å². The summed E-state index contributed by atoms with van der Waals surface area (Å²) in [4.78, 5) is 27.2. The van der Waals surface area contributed by atoms with Gasteiger partial charge in [-0.1, -0.05) is 31.4 Å². The van der Waals surface area contributed by atoms with Crippen LogP contribution in [0.4, 0.5) is 0 Å². The number of carbonyl (C=O) groups is 2. The molecule has 0 bridgehead atoms. The third kappa shape index (κ3) is 4.76. The van der Waals surface area contributed by atoms with Crippen LogP contribution in [0.5, 0.6) is 0 Å². The molecule has 2 aliphatic heterocycles. The van der Waals surface area contributed by atoms with Gasteiger partial charge >= 0.3 is 5.97 Å². The fourth-order valence-corrected chi connectivity index (χ4v) is 5.80. The summed E-state index contributed by atoms with van der Waals surface area (Å²) in [6, 6.07) is 6.89. The smallest absolute Gasteiger partial charge is 0.311 e. The van der Waals surface area contributed by atoms with E-state index in [1.165, 1.54) is 6.42 Å². The molecule has 8 nitrogen and oxygen atoms in total. The third-order valence-corrected chi connectivity index (χ3v) is 7.61. The van der Waals surface area contributed by atoms with Gasteiger partial charge in [-0.3, -0.25) is 9.59 Å². The summed E-state index contributed by atoms with van der Waals surface area (Å²) in [5, 5.41) is 2.99. The van der Waals surface area contributed by atoms with E-state index in [4.69, 9.17) is 4.74 Å². The van der Waals surface area contributed by atoms with Crippen molar-refractivity contribution in [3.8, 4) is 0 Å². The Labute approximate surface area is 183 Å². The maximum Gasteiger partial charge on any atom is 0.311 e. The topological polar surface area (TPSA) is 105 Å². The van der Waals surface area contributed by atoms with Gasteiger partial charge in [-0.05, 0) is 44.7 Å². The Morgan fingerprint density at radius 1 is 1.13 bits per heavy atom. The van der Waals surface area contributed by atoms with Gasteiger partial charge in [-0.2, -0.15) is 8.42 Å². The lowest BCUT2D eigenvalue weighted by molar-refractivity contribution is -0.160. The number of carbonyl (C=O) groups excluding carboxylic acids is 2. The van der Waals surface area contributed by atoms with Crippen LogP contribution in [-0.2, 0) is 24.3 Å². The van der Waals surface area contributed by atoms with Gasteiger partial charge in [0, 0.05) is 24.7 Å². The number of hydrogen-bond donors (Lipinski definition) is 1. The molecule has 1 aromatic carbocycles. The second kappa shape index (κ2) is 8.98. The Hall–Kier alpha value is -2.42. The van der Waals surface area contributed by atoms with E-state index in [2.05, 4.69) is 9.71 Å². The Morgan fingerprint density at radius 3 is 2.65 bits per heavy atom. The Kier molecular flexibility index (Phi) is 6.31. The predicted octanol–water partition coefficient (Wildman–Crippen LogP) is 2.23. The van der Waals surface area contributed by atoms with E-state index in [0.717, 1.165) is 25.7 Å². The fraction of sp³-hybridized carbons (Fsp3) is 0.591. The van der Waals surface area contributed by atoms with Crippen molar-refractivity contribution < 1.29 is 22.7 Å². The molecule has 1 N–H and O–H groups in total.